The minimum absolute atomic E-state index is 0.284. The normalized spacial score (nSPS) is 14.9. The van der Waals surface area contributed by atoms with Crippen LogP contribution in [0.1, 0.15) is 38.2 Å². The molecule has 1 aromatic rings. The zero-order valence-corrected chi connectivity index (χ0v) is 12.7. The van der Waals surface area contributed by atoms with Gasteiger partial charge >= 0.3 is 0 Å². The van der Waals surface area contributed by atoms with Crippen LogP contribution in [0.5, 0.6) is 5.75 Å². The summed E-state index contributed by atoms with van der Waals surface area (Å²) in [6, 6.07) is 2.19. The molecule has 0 spiro atoms. The zero-order chi connectivity index (χ0) is 15.2. The molecule has 0 bridgehead atoms. The Bertz CT molecular complexity index is 524. The standard InChI is InChI=1S/C17H22F2O2/c1-3-12-5-4-6-13(12)9-15-16(19)10-14(18)11-17(15)21-8-7-20-2/h10-11H,3-9H2,1-2H3. The van der Waals surface area contributed by atoms with Crippen LogP contribution in [0.3, 0.4) is 0 Å². The highest BCUT2D eigenvalue weighted by molar-refractivity contribution is 5.40. The first kappa shape index (κ1) is 16.0. The van der Waals surface area contributed by atoms with E-state index in [0.29, 0.717) is 24.3 Å². The van der Waals surface area contributed by atoms with E-state index in [1.165, 1.54) is 17.2 Å². The fourth-order valence-corrected chi connectivity index (χ4v) is 2.84. The van der Waals surface area contributed by atoms with Crippen molar-refractivity contribution in [2.45, 2.75) is 39.0 Å². The Morgan fingerprint density at radius 2 is 1.86 bits per heavy atom. The van der Waals surface area contributed by atoms with E-state index in [4.69, 9.17) is 9.47 Å². The van der Waals surface area contributed by atoms with Crippen LogP contribution in [0.2, 0.25) is 0 Å². The fraction of sp³-hybridized carbons (Fsp3) is 0.529. The molecule has 0 aliphatic heterocycles. The van der Waals surface area contributed by atoms with E-state index in [1.54, 1.807) is 7.11 Å². The first-order valence-electron chi connectivity index (χ1n) is 7.45. The molecule has 0 saturated heterocycles. The zero-order valence-electron chi connectivity index (χ0n) is 12.7. The van der Waals surface area contributed by atoms with Gasteiger partial charge in [-0.3, -0.25) is 0 Å². The summed E-state index contributed by atoms with van der Waals surface area (Å²) in [5.41, 5.74) is 3.14. The van der Waals surface area contributed by atoms with Crippen LogP contribution in [0, 0.1) is 11.6 Å². The molecule has 0 radical (unpaired) electrons. The second-order valence-corrected chi connectivity index (χ2v) is 5.30. The van der Waals surface area contributed by atoms with Crippen molar-refractivity contribution in [3.63, 3.8) is 0 Å². The molecule has 1 aliphatic rings. The molecule has 0 amide bonds. The minimum Gasteiger partial charge on any atom is -0.491 e. The number of rotatable bonds is 7. The summed E-state index contributed by atoms with van der Waals surface area (Å²) in [7, 11) is 1.56. The number of halogens is 2. The Labute approximate surface area is 124 Å². The van der Waals surface area contributed by atoms with Crippen LogP contribution in [-0.2, 0) is 11.2 Å². The van der Waals surface area contributed by atoms with E-state index >= 15 is 0 Å². The Morgan fingerprint density at radius 3 is 2.57 bits per heavy atom. The molecule has 0 saturated carbocycles. The van der Waals surface area contributed by atoms with Crippen LogP contribution in [0.25, 0.3) is 0 Å². The SMILES string of the molecule is CCC1=C(Cc2c(F)cc(F)cc2OCCOC)CCC1. The summed E-state index contributed by atoms with van der Waals surface area (Å²) in [5, 5.41) is 0. The monoisotopic (exact) mass is 296 g/mol. The average Bonchev–Trinajstić information content (AvgIpc) is 2.90. The van der Waals surface area contributed by atoms with Gasteiger partial charge < -0.3 is 9.47 Å². The number of allylic oxidation sites excluding steroid dienone is 2. The van der Waals surface area contributed by atoms with Crippen molar-refractivity contribution in [1.29, 1.82) is 0 Å². The first-order chi connectivity index (χ1) is 10.2. The lowest BCUT2D eigenvalue weighted by molar-refractivity contribution is 0.145. The summed E-state index contributed by atoms with van der Waals surface area (Å²) in [6.07, 6.45) is 4.73. The molecule has 0 aromatic heterocycles. The highest BCUT2D eigenvalue weighted by Gasteiger charge is 2.19. The Kier molecular flexibility index (Phi) is 5.74. The van der Waals surface area contributed by atoms with Gasteiger partial charge in [0, 0.05) is 31.2 Å². The molecule has 116 valence electrons. The van der Waals surface area contributed by atoms with E-state index in [2.05, 4.69) is 6.92 Å². The quantitative estimate of drug-likeness (QED) is 0.547. The van der Waals surface area contributed by atoms with Crippen LogP contribution in [0.15, 0.2) is 23.3 Å². The highest BCUT2D eigenvalue weighted by atomic mass is 19.1. The number of ether oxygens (including phenoxy) is 2. The maximum Gasteiger partial charge on any atom is 0.133 e. The van der Waals surface area contributed by atoms with Gasteiger partial charge in [-0.05, 0) is 25.7 Å². The van der Waals surface area contributed by atoms with Gasteiger partial charge in [0.25, 0.3) is 0 Å². The van der Waals surface area contributed by atoms with E-state index in [-0.39, 0.29) is 6.61 Å². The van der Waals surface area contributed by atoms with Gasteiger partial charge in [0.1, 0.15) is 24.0 Å². The van der Waals surface area contributed by atoms with Crippen molar-refractivity contribution < 1.29 is 18.3 Å². The molecule has 2 nitrogen and oxygen atoms in total. The number of methoxy groups -OCH3 is 1. The van der Waals surface area contributed by atoms with E-state index in [0.717, 1.165) is 31.7 Å². The van der Waals surface area contributed by atoms with Gasteiger partial charge in [-0.15, -0.1) is 0 Å². The highest BCUT2D eigenvalue weighted by Crippen LogP contribution is 2.34. The van der Waals surface area contributed by atoms with Crippen LogP contribution in [0.4, 0.5) is 8.78 Å². The third-order valence-corrected chi connectivity index (χ3v) is 3.94. The smallest absolute Gasteiger partial charge is 0.133 e. The van der Waals surface area contributed by atoms with Crippen molar-refractivity contribution in [3.8, 4) is 5.75 Å². The fourth-order valence-electron chi connectivity index (χ4n) is 2.84. The first-order valence-corrected chi connectivity index (χ1v) is 7.45. The van der Waals surface area contributed by atoms with Crippen molar-refractivity contribution in [3.05, 3.63) is 40.5 Å². The Morgan fingerprint density at radius 1 is 1.10 bits per heavy atom. The van der Waals surface area contributed by atoms with Gasteiger partial charge in [-0.25, -0.2) is 8.78 Å². The molecule has 1 aromatic carbocycles. The van der Waals surface area contributed by atoms with E-state index in [9.17, 15) is 8.78 Å². The van der Waals surface area contributed by atoms with Crippen molar-refractivity contribution in [1.82, 2.24) is 0 Å². The lowest BCUT2D eigenvalue weighted by atomic mass is 9.99. The lowest BCUT2D eigenvalue weighted by Crippen LogP contribution is -2.08. The molecule has 4 heteroatoms. The second-order valence-electron chi connectivity index (χ2n) is 5.30. The van der Waals surface area contributed by atoms with Crippen LogP contribution < -0.4 is 4.74 Å². The molecule has 0 atom stereocenters. The maximum absolute atomic E-state index is 14.1. The van der Waals surface area contributed by atoms with Crippen molar-refractivity contribution in [2.24, 2.45) is 0 Å². The lowest BCUT2D eigenvalue weighted by Gasteiger charge is -2.14. The number of hydrogen-bond acceptors (Lipinski definition) is 2. The van der Waals surface area contributed by atoms with Gasteiger partial charge in [-0.1, -0.05) is 18.1 Å². The maximum atomic E-state index is 14.1. The molecule has 2 rings (SSSR count). The predicted octanol–water partition coefficient (Wildman–Crippen LogP) is 4.42. The third-order valence-electron chi connectivity index (χ3n) is 3.94. The molecule has 21 heavy (non-hydrogen) atoms. The molecule has 1 aliphatic carbocycles. The van der Waals surface area contributed by atoms with Crippen molar-refractivity contribution >= 4 is 0 Å². The van der Waals surface area contributed by atoms with Crippen LogP contribution >= 0.6 is 0 Å². The summed E-state index contributed by atoms with van der Waals surface area (Å²) < 4.78 is 37.9. The summed E-state index contributed by atoms with van der Waals surface area (Å²) in [5.74, 6) is -0.851. The summed E-state index contributed by atoms with van der Waals surface area (Å²) in [6.45, 7) is 2.80. The molecule has 0 unspecified atom stereocenters. The molecule has 0 fully saturated rings. The largest absolute Gasteiger partial charge is 0.491 e. The minimum atomic E-state index is -0.611. The van der Waals surface area contributed by atoms with Crippen LogP contribution in [-0.4, -0.2) is 20.3 Å². The number of hydrogen-bond donors (Lipinski definition) is 0. The third kappa shape index (κ3) is 4.03. The predicted molar refractivity (Wildman–Crippen MR) is 78.6 cm³/mol. The van der Waals surface area contributed by atoms with Gasteiger partial charge in [0.15, 0.2) is 0 Å². The Hall–Kier alpha value is -1.42. The Balaban J connectivity index is 2.24. The summed E-state index contributed by atoms with van der Waals surface area (Å²) >= 11 is 0. The van der Waals surface area contributed by atoms with E-state index in [1.807, 2.05) is 0 Å². The molecule has 0 heterocycles. The van der Waals surface area contributed by atoms with Gasteiger partial charge in [0.05, 0.1) is 6.61 Å². The average molecular weight is 296 g/mol. The molecular weight excluding hydrogens is 274 g/mol. The molecule has 0 N–H and O–H groups in total. The van der Waals surface area contributed by atoms with Crippen molar-refractivity contribution in [2.75, 3.05) is 20.3 Å². The number of benzene rings is 1. The topological polar surface area (TPSA) is 18.5 Å². The van der Waals surface area contributed by atoms with Gasteiger partial charge in [-0.2, -0.15) is 0 Å². The summed E-state index contributed by atoms with van der Waals surface area (Å²) in [4.78, 5) is 0. The van der Waals surface area contributed by atoms with Gasteiger partial charge in [0.2, 0.25) is 0 Å². The molecular formula is C17H22F2O2. The van der Waals surface area contributed by atoms with E-state index < -0.39 is 11.6 Å². The second kappa shape index (κ2) is 7.55.